The average Bonchev–Trinajstić information content (AvgIpc) is 2.92. The Labute approximate surface area is 129 Å². The first-order valence-electron chi connectivity index (χ1n) is 6.66. The Bertz CT molecular complexity index is 599. The molecular formula is C15H21N3O2S. The molecule has 0 saturated heterocycles. The number of nitrogens with zero attached hydrogens (tertiary/aromatic N) is 2. The molecule has 1 aromatic heterocycles. The van der Waals surface area contributed by atoms with Gasteiger partial charge in [0.25, 0.3) is 0 Å². The van der Waals surface area contributed by atoms with Crippen LogP contribution in [0.5, 0.6) is 11.5 Å². The highest BCUT2D eigenvalue weighted by Crippen LogP contribution is 2.34. The lowest BCUT2D eigenvalue weighted by atomic mass is 10.2. The van der Waals surface area contributed by atoms with Gasteiger partial charge < -0.3 is 14.8 Å². The van der Waals surface area contributed by atoms with Gasteiger partial charge in [-0.2, -0.15) is 5.10 Å². The fraction of sp³-hybridized carbons (Fsp3) is 0.400. The number of hydrogen-bond acceptors (Lipinski definition) is 5. The van der Waals surface area contributed by atoms with Gasteiger partial charge in [0.2, 0.25) is 0 Å². The van der Waals surface area contributed by atoms with E-state index >= 15 is 0 Å². The summed E-state index contributed by atoms with van der Waals surface area (Å²) in [5.74, 6) is 1.51. The Morgan fingerprint density at radius 1 is 1.19 bits per heavy atom. The molecule has 1 N–H and O–H groups in total. The number of hydrogen-bond donors (Lipinski definition) is 1. The zero-order chi connectivity index (χ0) is 15.2. The molecule has 21 heavy (non-hydrogen) atoms. The average molecular weight is 307 g/mol. The van der Waals surface area contributed by atoms with Crippen LogP contribution in [0.4, 0.5) is 0 Å². The Hall–Kier alpha value is -1.66. The number of benzene rings is 1. The molecule has 114 valence electrons. The van der Waals surface area contributed by atoms with Crippen LogP contribution in [0.3, 0.4) is 0 Å². The van der Waals surface area contributed by atoms with E-state index in [4.69, 9.17) is 9.47 Å². The van der Waals surface area contributed by atoms with Crippen LogP contribution in [0.1, 0.15) is 11.3 Å². The fourth-order valence-electron chi connectivity index (χ4n) is 2.11. The van der Waals surface area contributed by atoms with Crippen molar-refractivity contribution in [2.75, 3.05) is 20.5 Å². The second kappa shape index (κ2) is 7.38. The number of ether oxygens (including phenoxy) is 2. The third-order valence-corrected chi connectivity index (χ3v) is 4.00. The minimum Gasteiger partial charge on any atom is -0.493 e. The highest BCUT2D eigenvalue weighted by Gasteiger charge is 2.10. The molecule has 0 bridgehead atoms. The Morgan fingerprint density at radius 3 is 2.48 bits per heavy atom. The van der Waals surface area contributed by atoms with E-state index in [1.165, 1.54) is 10.5 Å². The maximum Gasteiger partial charge on any atom is 0.161 e. The lowest BCUT2D eigenvalue weighted by molar-refractivity contribution is 0.353. The topological polar surface area (TPSA) is 48.3 Å². The molecule has 0 unspecified atom stereocenters. The number of thioether (sulfide) groups is 1. The summed E-state index contributed by atoms with van der Waals surface area (Å²) < 4.78 is 12.5. The Balaban J connectivity index is 2.07. The molecule has 0 aliphatic rings. The molecule has 0 amide bonds. The lowest BCUT2D eigenvalue weighted by Gasteiger charge is -2.14. The van der Waals surface area contributed by atoms with Gasteiger partial charge in [-0.3, -0.25) is 4.68 Å². The molecule has 0 atom stereocenters. The first kappa shape index (κ1) is 15.7. The minimum atomic E-state index is 0.739. The normalized spacial score (nSPS) is 10.7. The van der Waals surface area contributed by atoms with E-state index < -0.39 is 0 Å². The van der Waals surface area contributed by atoms with Crippen molar-refractivity contribution < 1.29 is 9.47 Å². The van der Waals surface area contributed by atoms with Crippen molar-refractivity contribution >= 4 is 11.8 Å². The number of nitrogens with one attached hydrogen (secondary N) is 1. The van der Waals surface area contributed by atoms with E-state index in [-0.39, 0.29) is 0 Å². The summed E-state index contributed by atoms with van der Waals surface area (Å²) in [6, 6.07) is 6.05. The summed E-state index contributed by atoms with van der Waals surface area (Å²) in [5, 5.41) is 7.76. The maximum atomic E-state index is 5.37. The standard InChI is InChI=1S/C15H21N3O2S/c1-18-6-5-12(17-18)10-16-9-11-7-13(19-2)14(20-3)8-15(11)21-4/h5-8,16H,9-10H2,1-4H3. The highest BCUT2D eigenvalue weighted by atomic mass is 32.2. The zero-order valence-corrected chi connectivity index (χ0v) is 13.7. The van der Waals surface area contributed by atoms with Crippen LogP contribution in [0.15, 0.2) is 29.3 Å². The molecule has 6 heteroatoms. The molecule has 0 radical (unpaired) electrons. The summed E-state index contributed by atoms with van der Waals surface area (Å²) in [6.07, 6.45) is 4.00. The van der Waals surface area contributed by atoms with Gasteiger partial charge in [0.15, 0.2) is 11.5 Å². The van der Waals surface area contributed by atoms with Gasteiger partial charge >= 0.3 is 0 Å². The van der Waals surface area contributed by atoms with Crippen LogP contribution in [0, 0.1) is 0 Å². The molecule has 0 spiro atoms. The second-order valence-electron chi connectivity index (χ2n) is 4.60. The Kier molecular flexibility index (Phi) is 5.52. The smallest absolute Gasteiger partial charge is 0.161 e. The second-order valence-corrected chi connectivity index (χ2v) is 5.45. The van der Waals surface area contributed by atoms with Crippen molar-refractivity contribution in [3.63, 3.8) is 0 Å². The van der Waals surface area contributed by atoms with E-state index in [0.717, 1.165) is 30.3 Å². The summed E-state index contributed by atoms with van der Waals surface area (Å²) in [6.45, 7) is 1.50. The van der Waals surface area contributed by atoms with Gasteiger partial charge in [0.05, 0.1) is 19.9 Å². The van der Waals surface area contributed by atoms with Gasteiger partial charge in [0, 0.05) is 31.2 Å². The number of rotatable bonds is 7. The van der Waals surface area contributed by atoms with Crippen molar-refractivity contribution in [1.29, 1.82) is 0 Å². The summed E-state index contributed by atoms with van der Waals surface area (Å²) in [7, 11) is 5.23. The lowest BCUT2D eigenvalue weighted by Crippen LogP contribution is -2.14. The molecule has 2 rings (SSSR count). The summed E-state index contributed by atoms with van der Waals surface area (Å²) in [5.41, 5.74) is 2.22. The molecule has 0 fully saturated rings. The molecule has 0 aliphatic carbocycles. The maximum absolute atomic E-state index is 5.37. The number of aromatic nitrogens is 2. The molecule has 1 heterocycles. The third kappa shape index (κ3) is 3.92. The summed E-state index contributed by atoms with van der Waals surface area (Å²) >= 11 is 1.70. The molecule has 0 saturated carbocycles. The van der Waals surface area contributed by atoms with Gasteiger partial charge in [-0.25, -0.2) is 0 Å². The van der Waals surface area contributed by atoms with Crippen molar-refractivity contribution in [2.24, 2.45) is 7.05 Å². The van der Waals surface area contributed by atoms with E-state index in [0.29, 0.717) is 0 Å². The zero-order valence-electron chi connectivity index (χ0n) is 12.8. The largest absolute Gasteiger partial charge is 0.493 e. The van der Waals surface area contributed by atoms with Crippen molar-refractivity contribution in [2.45, 2.75) is 18.0 Å². The predicted molar refractivity (Wildman–Crippen MR) is 85.1 cm³/mol. The summed E-state index contributed by atoms with van der Waals surface area (Å²) in [4.78, 5) is 1.18. The fourth-order valence-corrected chi connectivity index (χ4v) is 2.73. The van der Waals surface area contributed by atoms with Crippen LogP contribution in [0.25, 0.3) is 0 Å². The molecule has 2 aromatic rings. The minimum absolute atomic E-state index is 0.739. The monoisotopic (exact) mass is 307 g/mol. The first-order valence-corrected chi connectivity index (χ1v) is 7.88. The van der Waals surface area contributed by atoms with E-state index in [9.17, 15) is 0 Å². The van der Waals surface area contributed by atoms with Gasteiger partial charge in [-0.15, -0.1) is 11.8 Å². The van der Waals surface area contributed by atoms with Gasteiger partial charge in [-0.1, -0.05) is 0 Å². The quantitative estimate of drug-likeness (QED) is 0.796. The van der Waals surface area contributed by atoms with E-state index in [1.54, 1.807) is 30.7 Å². The predicted octanol–water partition coefficient (Wildman–Crippen LogP) is 2.45. The highest BCUT2D eigenvalue weighted by molar-refractivity contribution is 7.98. The van der Waals surface area contributed by atoms with Crippen LogP contribution in [0.2, 0.25) is 0 Å². The van der Waals surface area contributed by atoms with Crippen molar-refractivity contribution in [3.05, 3.63) is 35.7 Å². The molecule has 5 nitrogen and oxygen atoms in total. The third-order valence-electron chi connectivity index (χ3n) is 3.18. The van der Waals surface area contributed by atoms with Gasteiger partial charge in [0.1, 0.15) is 0 Å². The number of aryl methyl sites for hydroxylation is 1. The van der Waals surface area contributed by atoms with Crippen LogP contribution < -0.4 is 14.8 Å². The number of methoxy groups -OCH3 is 2. The molecule has 1 aromatic carbocycles. The van der Waals surface area contributed by atoms with Gasteiger partial charge in [-0.05, 0) is 30.0 Å². The van der Waals surface area contributed by atoms with E-state index in [1.807, 2.05) is 31.4 Å². The van der Waals surface area contributed by atoms with Crippen LogP contribution in [-0.4, -0.2) is 30.3 Å². The van der Waals surface area contributed by atoms with Crippen molar-refractivity contribution in [1.82, 2.24) is 15.1 Å². The van der Waals surface area contributed by atoms with Crippen LogP contribution >= 0.6 is 11.8 Å². The SMILES string of the molecule is COc1cc(CNCc2ccn(C)n2)c(SC)cc1OC. The van der Waals surface area contributed by atoms with Crippen molar-refractivity contribution in [3.8, 4) is 11.5 Å². The molecule has 0 aliphatic heterocycles. The molecular weight excluding hydrogens is 286 g/mol. The van der Waals surface area contributed by atoms with Crippen LogP contribution in [-0.2, 0) is 20.1 Å². The first-order chi connectivity index (χ1) is 10.2. The Morgan fingerprint density at radius 2 is 1.90 bits per heavy atom. The van der Waals surface area contributed by atoms with E-state index in [2.05, 4.69) is 16.7 Å².